The first-order valence-corrected chi connectivity index (χ1v) is 7.81. The third-order valence-corrected chi connectivity index (χ3v) is 4.53. The van der Waals surface area contributed by atoms with Crippen molar-refractivity contribution in [2.45, 2.75) is 31.6 Å². The van der Waals surface area contributed by atoms with Crippen LogP contribution < -0.4 is 10.6 Å². The fraction of sp³-hybridized carbons (Fsp3) is 0.571. The van der Waals surface area contributed by atoms with Crippen LogP contribution in [0.15, 0.2) is 23.2 Å². The van der Waals surface area contributed by atoms with Gasteiger partial charge in [-0.05, 0) is 37.7 Å². The van der Waals surface area contributed by atoms with E-state index in [1.54, 1.807) is 7.05 Å². The van der Waals surface area contributed by atoms with Gasteiger partial charge in [0.15, 0.2) is 5.96 Å². The summed E-state index contributed by atoms with van der Waals surface area (Å²) >= 11 is 2.05. The van der Waals surface area contributed by atoms with Crippen LogP contribution in [0.4, 0.5) is 0 Å². The van der Waals surface area contributed by atoms with Crippen LogP contribution in [0.5, 0.6) is 0 Å². The smallest absolute Gasteiger partial charge is 0.191 e. The van der Waals surface area contributed by atoms with Crippen LogP contribution in [-0.4, -0.2) is 35.5 Å². The van der Waals surface area contributed by atoms with E-state index < -0.39 is 0 Å². The summed E-state index contributed by atoms with van der Waals surface area (Å²) < 4.78 is 0. The van der Waals surface area contributed by atoms with Crippen molar-refractivity contribution in [3.8, 4) is 0 Å². The lowest BCUT2D eigenvalue weighted by Crippen LogP contribution is -2.39. The van der Waals surface area contributed by atoms with Gasteiger partial charge in [-0.25, -0.2) is 0 Å². The first kappa shape index (κ1) is 17.6. The van der Waals surface area contributed by atoms with E-state index >= 15 is 0 Å². The quantitative estimate of drug-likeness (QED) is 0.459. The van der Waals surface area contributed by atoms with Gasteiger partial charge in [0, 0.05) is 24.5 Å². The van der Waals surface area contributed by atoms with E-state index in [9.17, 15) is 0 Å². The van der Waals surface area contributed by atoms with Gasteiger partial charge in [-0.1, -0.05) is 6.07 Å². The number of nitrogens with zero attached hydrogens (tertiary/aromatic N) is 2. The molecule has 112 valence electrons. The molecule has 4 nitrogen and oxygen atoms in total. The standard InChI is InChI=1S/C14H22N4S.HI/c1-11-5-3-6-12(18-11)9-16-14(15-2)17-10-13-7-4-8-19-13;/h3,5-6,13H,4,7-10H2,1-2H3,(H2,15,16,17);1H. The van der Waals surface area contributed by atoms with E-state index in [-0.39, 0.29) is 24.0 Å². The number of pyridine rings is 1. The van der Waals surface area contributed by atoms with Gasteiger partial charge in [0.05, 0.1) is 12.2 Å². The minimum absolute atomic E-state index is 0. The molecule has 0 aliphatic carbocycles. The summed E-state index contributed by atoms with van der Waals surface area (Å²) in [5.41, 5.74) is 2.09. The predicted molar refractivity (Wildman–Crippen MR) is 98.1 cm³/mol. The highest BCUT2D eigenvalue weighted by Crippen LogP contribution is 2.25. The Balaban J connectivity index is 0.00000200. The van der Waals surface area contributed by atoms with Crippen molar-refractivity contribution in [2.24, 2.45) is 4.99 Å². The topological polar surface area (TPSA) is 49.3 Å². The molecule has 1 fully saturated rings. The molecule has 2 rings (SSSR count). The Morgan fingerprint density at radius 1 is 1.45 bits per heavy atom. The first-order valence-electron chi connectivity index (χ1n) is 6.76. The van der Waals surface area contributed by atoms with Crippen molar-refractivity contribution in [2.75, 3.05) is 19.3 Å². The van der Waals surface area contributed by atoms with Gasteiger partial charge < -0.3 is 10.6 Å². The summed E-state index contributed by atoms with van der Waals surface area (Å²) in [5.74, 6) is 2.15. The number of thioether (sulfide) groups is 1. The van der Waals surface area contributed by atoms with Crippen molar-refractivity contribution in [1.82, 2.24) is 15.6 Å². The van der Waals surface area contributed by atoms with E-state index in [2.05, 4.69) is 32.4 Å². The molecular weight excluding hydrogens is 383 g/mol. The minimum Gasteiger partial charge on any atom is -0.355 e. The van der Waals surface area contributed by atoms with Crippen LogP contribution >= 0.6 is 35.7 Å². The molecule has 0 radical (unpaired) electrons. The van der Waals surface area contributed by atoms with Crippen LogP contribution in [-0.2, 0) is 6.54 Å². The third-order valence-electron chi connectivity index (χ3n) is 3.13. The number of rotatable bonds is 4. The Morgan fingerprint density at radius 2 is 2.30 bits per heavy atom. The van der Waals surface area contributed by atoms with Crippen LogP contribution in [0, 0.1) is 6.92 Å². The second-order valence-electron chi connectivity index (χ2n) is 4.71. The normalized spacial score (nSPS) is 18.5. The Morgan fingerprint density at radius 3 is 2.95 bits per heavy atom. The van der Waals surface area contributed by atoms with E-state index in [1.165, 1.54) is 18.6 Å². The predicted octanol–water partition coefficient (Wildman–Crippen LogP) is 2.57. The lowest BCUT2D eigenvalue weighted by Gasteiger charge is -2.14. The van der Waals surface area contributed by atoms with Crippen molar-refractivity contribution >= 4 is 41.7 Å². The summed E-state index contributed by atoms with van der Waals surface area (Å²) in [6.45, 7) is 3.71. The zero-order chi connectivity index (χ0) is 13.5. The monoisotopic (exact) mass is 406 g/mol. The molecular formula is C14H23IN4S. The van der Waals surface area contributed by atoms with Gasteiger partial charge in [-0.15, -0.1) is 24.0 Å². The molecule has 0 bridgehead atoms. The Kier molecular flexibility index (Phi) is 8.28. The summed E-state index contributed by atoms with van der Waals surface area (Å²) in [6.07, 6.45) is 2.66. The van der Waals surface area contributed by atoms with E-state index in [4.69, 9.17) is 0 Å². The van der Waals surface area contributed by atoms with E-state index in [1.807, 2.05) is 25.1 Å². The van der Waals surface area contributed by atoms with Crippen molar-refractivity contribution < 1.29 is 0 Å². The van der Waals surface area contributed by atoms with E-state index in [0.717, 1.165) is 29.1 Å². The molecule has 1 saturated heterocycles. The summed E-state index contributed by atoms with van der Waals surface area (Å²) in [5, 5.41) is 7.42. The number of hydrogen-bond acceptors (Lipinski definition) is 3. The zero-order valence-electron chi connectivity index (χ0n) is 12.1. The molecule has 1 aliphatic heterocycles. The molecule has 1 aliphatic rings. The van der Waals surface area contributed by atoms with Gasteiger partial charge >= 0.3 is 0 Å². The van der Waals surface area contributed by atoms with Gasteiger partial charge in [0.1, 0.15) is 0 Å². The maximum absolute atomic E-state index is 4.47. The highest BCUT2D eigenvalue weighted by molar-refractivity contribution is 14.0. The van der Waals surface area contributed by atoms with Crippen molar-refractivity contribution in [3.05, 3.63) is 29.6 Å². The number of aromatic nitrogens is 1. The molecule has 6 heteroatoms. The molecule has 0 spiro atoms. The third kappa shape index (κ3) is 5.87. The summed E-state index contributed by atoms with van der Waals surface area (Å²) in [6, 6.07) is 6.07. The zero-order valence-corrected chi connectivity index (χ0v) is 15.2. The maximum atomic E-state index is 4.47. The number of halogens is 1. The molecule has 1 atom stereocenters. The molecule has 0 amide bonds. The second kappa shape index (κ2) is 9.44. The average Bonchev–Trinajstić information content (AvgIpc) is 2.92. The van der Waals surface area contributed by atoms with Crippen molar-refractivity contribution in [3.63, 3.8) is 0 Å². The van der Waals surface area contributed by atoms with Gasteiger partial charge in [0.25, 0.3) is 0 Å². The largest absolute Gasteiger partial charge is 0.355 e. The van der Waals surface area contributed by atoms with Crippen LogP contribution in [0.2, 0.25) is 0 Å². The number of guanidine groups is 1. The van der Waals surface area contributed by atoms with Gasteiger partial charge in [-0.2, -0.15) is 11.8 Å². The first-order chi connectivity index (χ1) is 9.28. The summed E-state index contributed by atoms with van der Waals surface area (Å²) in [7, 11) is 1.81. The lowest BCUT2D eigenvalue weighted by atomic mass is 10.2. The molecule has 0 saturated carbocycles. The Labute approximate surface area is 142 Å². The molecule has 20 heavy (non-hydrogen) atoms. The molecule has 1 unspecified atom stereocenters. The molecule has 2 N–H and O–H groups in total. The SMILES string of the molecule is CN=C(NCc1cccc(C)n1)NCC1CCCS1.I. The van der Waals surface area contributed by atoms with Crippen molar-refractivity contribution in [1.29, 1.82) is 0 Å². The molecule has 0 aromatic carbocycles. The number of aryl methyl sites for hydroxylation is 1. The Hall–Kier alpha value is -0.500. The molecule has 1 aromatic rings. The maximum Gasteiger partial charge on any atom is 0.191 e. The fourth-order valence-electron chi connectivity index (χ4n) is 2.11. The fourth-order valence-corrected chi connectivity index (χ4v) is 3.31. The number of hydrogen-bond donors (Lipinski definition) is 2. The summed E-state index contributed by atoms with van der Waals surface area (Å²) in [4.78, 5) is 8.71. The Bertz CT molecular complexity index is 433. The van der Waals surface area contributed by atoms with Crippen LogP contribution in [0.3, 0.4) is 0 Å². The van der Waals surface area contributed by atoms with Crippen LogP contribution in [0.1, 0.15) is 24.2 Å². The highest BCUT2D eigenvalue weighted by Gasteiger charge is 2.15. The van der Waals surface area contributed by atoms with Crippen LogP contribution in [0.25, 0.3) is 0 Å². The van der Waals surface area contributed by atoms with Gasteiger partial charge in [0.2, 0.25) is 0 Å². The van der Waals surface area contributed by atoms with Gasteiger partial charge in [-0.3, -0.25) is 9.98 Å². The average molecular weight is 406 g/mol. The molecule has 2 heterocycles. The highest BCUT2D eigenvalue weighted by atomic mass is 127. The van der Waals surface area contributed by atoms with E-state index in [0.29, 0.717) is 6.54 Å². The number of aliphatic imine (C=N–C) groups is 1. The minimum atomic E-state index is 0. The lowest BCUT2D eigenvalue weighted by molar-refractivity contribution is 0.723. The molecule has 1 aromatic heterocycles. The number of nitrogens with one attached hydrogen (secondary N) is 2. The second-order valence-corrected chi connectivity index (χ2v) is 6.12.